The van der Waals surface area contributed by atoms with Crippen molar-refractivity contribution in [3.05, 3.63) is 75.4 Å². The Hall–Kier alpha value is -2.64. The van der Waals surface area contributed by atoms with Crippen LogP contribution in [-0.4, -0.2) is 22.3 Å². The molecule has 0 unspecified atom stereocenters. The monoisotopic (exact) mass is 425 g/mol. The topological polar surface area (TPSA) is 56.1 Å². The molecule has 3 rings (SSSR count). The van der Waals surface area contributed by atoms with Gasteiger partial charge in [0.05, 0.1) is 6.54 Å². The molecule has 0 radical (unpaired) electrons. The Balaban J connectivity index is 1.75. The number of nitrogens with one attached hydrogen (secondary N) is 1. The van der Waals surface area contributed by atoms with Crippen LogP contribution in [-0.2, 0) is 6.54 Å². The standard InChI is InChI=1S/C19H15Cl2F2N3O2/c1-11-8-17(25-26(11)10-14-15(20)6-3-7-16(14)21)24-18(27)12-4-2-5-13(9-12)28-19(22)23/h2-9,19H,10H2,1H3,(H,24,25,27). The first-order valence-corrected chi connectivity index (χ1v) is 8.92. The van der Waals surface area contributed by atoms with E-state index < -0.39 is 12.5 Å². The molecule has 0 fully saturated rings. The van der Waals surface area contributed by atoms with Gasteiger partial charge in [0.1, 0.15) is 5.75 Å². The highest BCUT2D eigenvalue weighted by Gasteiger charge is 2.14. The van der Waals surface area contributed by atoms with Gasteiger partial charge in [-0.2, -0.15) is 13.9 Å². The minimum absolute atomic E-state index is 0.0993. The third kappa shape index (κ3) is 4.79. The molecule has 0 saturated heterocycles. The maximum atomic E-state index is 12.4. The van der Waals surface area contributed by atoms with Crippen molar-refractivity contribution in [1.82, 2.24) is 9.78 Å². The Morgan fingerprint density at radius 1 is 1.18 bits per heavy atom. The zero-order valence-electron chi connectivity index (χ0n) is 14.6. The quantitative estimate of drug-likeness (QED) is 0.574. The number of anilines is 1. The molecule has 9 heteroatoms. The average Bonchev–Trinajstić information content (AvgIpc) is 2.97. The Bertz CT molecular complexity index is 988. The largest absolute Gasteiger partial charge is 0.435 e. The van der Waals surface area contributed by atoms with Crippen LogP contribution in [0.2, 0.25) is 10.0 Å². The molecule has 1 amide bonds. The van der Waals surface area contributed by atoms with Gasteiger partial charge >= 0.3 is 6.61 Å². The van der Waals surface area contributed by atoms with Gasteiger partial charge in [-0.05, 0) is 37.3 Å². The lowest BCUT2D eigenvalue weighted by Crippen LogP contribution is -2.13. The van der Waals surface area contributed by atoms with Crippen molar-refractivity contribution in [3.63, 3.8) is 0 Å². The van der Waals surface area contributed by atoms with E-state index in [0.717, 1.165) is 5.69 Å². The highest BCUT2D eigenvalue weighted by molar-refractivity contribution is 6.35. The van der Waals surface area contributed by atoms with Crippen molar-refractivity contribution in [2.45, 2.75) is 20.1 Å². The summed E-state index contributed by atoms with van der Waals surface area (Å²) >= 11 is 12.4. The van der Waals surface area contributed by atoms with E-state index >= 15 is 0 Å². The lowest BCUT2D eigenvalue weighted by Gasteiger charge is -2.09. The first kappa shape index (κ1) is 20.1. The van der Waals surface area contributed by atoms with Gasteiger partial charge in [0, 0.05) is 32.9 Å². The molecule has 0 atom stereocenters. The number of hydrogen-bond donors (Lipinski definition) is 1. The molecule has 2 aromatic carbocycles. The minimum atomic E-state index is -2.96. The maximum absolute atomic E-state index is 12.4. The van der Waals surface area contributed by atoms with Crippen molar-refractivity contribution in [3.8, 4) is 5.75 Å². The number of amides is 1. The lowest BCUT2D eigenvalue weighted by atomic mass is 10.2. The molecule has 0 aliphatic carbocycles. The van der Waals surface area contributed by atoms with Crippen molar-refractivity contribution < 1.29 is 18.3 Å². The fourth-order valence-electron chi connectivity index (χ4n) is 2.57. The second-order valence-corrected chi connectivity index (χ2v) is 6.70. The van der Waals surface area contributed by atoms with Gasteiger partial charge < -0.3 is 10.1 Å². The number of ether oxygens (including phenoxy) is 1. The van der Waals surface area contributed by atoms with Crippen LogP contribution in [0.4, 0.5) is 14.6 Å². The molecular weight excluding hydrogens is 411 g/mol. The van der Waals surface area contributed by atoms with Gasteiger partial charge in [-0.1, -0.05) is 35.3 Å². The van der Waals surface area contributed by atoms with Crippen LogP contribution < -0.4 is 10.1 Å². The summed E-state index contributed by atoms with van der Waals surface area (Å²) in [7, 11) is 0. The predicted octanol–water partition coefficient (Wildman–Crippen LogP) is 5.40. The fourth-order valence-corrected chi connectivity index (χ4v) is 3.08. The molecule has 146 valence electrons. The molecule has 5 nitrogen and oxygen atoms in total. The summed E-state index contributed by atoms with van der Waals surface area (Å²) in [5.41, 5.74) is 1.66. The molecule has 3 aromatic rings. The SMILES string of the molecule is Cc1cc(NC(=O)c2cccc(OC(F)F)c2)nn1Cc1c(Cl)cccc1Cl. The number of aryl methyl sites for hydroxylation is 1. The normalized spacial score (nSPS) is 10.9. The van der Waals surface area contributed by atoms with E-state index in [4.69, 9.17) is 23.2 Å². The number of benzene rings is 2. The molecule has 0 aliphatic heterocycles. The van der Waals surface area contributed by atoms with E-state index in [0.29, 0.717) is 28.0 Å². The molecule has 0 bridgehead atoms. The summed E-state index contributed by atoms with van der Waals surface area (Å²) in [5.74, 6) is -0.288. The molecule has 1 heterocycles. The maximum Gasteiger partial charge on any atom is 0.387 e. The zero-order valence-corrected chi connectivity index (χ0v) is 16.1. The first-order chi connectivity index (χ1) is 13.3. The van der Waals surface area contributed by atoms with E-state index in [1.807, 2.05) is 6.92 Å². The highest BCUT2D eigenvalue weighted by Crippen LogP contribution is 2.26. The van der Waals surface area contributed by atoms with Crippen LogP contribution in [0.3, 0.4) is 0 Å². The molecule has 0 spiro atoms. The summed E-state index contributed by atoms with van der Waals surface area (Å²) in [4.78, 5) is 12.4. The summed E-state index contributed by atoms with van der Waals surface area (Å²) < 4.78 is 30.6. The van der Waals surface area contributed by atoms with E-state index in [2.05, 4.69) is 15.2 Å². The highest BCUT2D eigenvalue weighted by atomic mass is 35.5. The summed E-state index contributed by atoms with van der Waals surface area (Å²) in [6.07, 6.45) is 0. The number of halogens is 4. The fraction of sp³-hybridized carbons (Fsp3) is 0.158. The summed E-state index contributed by atoms with van der Waals surface area (Å²) in [5, 5.41) is 8.01. The van der Waals surface area contributed by atoms with E-state index in [9.17, 15) is 13.6 Å². The van der Waals surface area contributed by atoms with Crippen molar-refractivity contribution in [2.75, 3.05) is 5.32 Å². The van der Waals surface area contributed by atoms with Crippen LogP contribution in [0.1, 0.15) is 21.6 Å². The summed E-state index contributed by atoms with van der Waals surface area (Å²) in [6.45, 7) is -0.809. The Labute approximate surface area is 169 Å². The number of nitrogens with zero attached hydrogens (tertiary/aromatic N) is 2. The van der Waals surface area contributed by atoms with Gasteiger partial charge in [0.2, 0.25) is 0 Å². The van der Waals surface area contributed by atoms with Gasteiger partial charge in [0.25, 0.3) is 5.91 Å². The Kier molecular flexibility index (Phi) is 6.16. The van der Waals surface area contributed by atoms with E-state index in [1.54, 1.807) is 28.9 Å². The first-order valence-electron chi connectivity index (χ1n) is 8.17. The van der Waals surface area contributed by atoms with Crippen molar-refractivity contribution in [2.24, 2.45) is 0 Å². The van der Waals surface area contributed by atoms with Crippen LogP contribution in [0.15, 0.2) is 48.5 Å². The third-order valence-corrected chi connectivity index (χ3v) is 4.62. The molecule has 1 aromatic heterocycles. The molecule has 28 heavy (non-hydrogen) atoms. The van der Waals surface area contributed by atoms with Gasteiger partial charge in [-0.3, -0.25) is 9.48 Å². The molecule has 0 saturated carbocycles. The number of carbonyl (C=O) groups is 1. The van der Waals surface area contributed by atoms with Gasteiger partial charge in [-0.15, -0.1) is 0 Å². The summed E-state index contributed by atoms with van der Waals surface area (Å²) in [6, 6.07) is 12.4. The number of carbonyl (C=O) groups excluding carboxylic acids is 1. The Morgan fingerprint density at radius 3 is 2.54 bits per heavy atom. The molecule has 0 aliphatic rings. The number of hydrogen-bond acceptors (Lipinski definition) is 3. The van der Waals surface area contributed by atoms with E-state index in [-0.39, 0.29) is 11.3 Å². The number of alkyl halides is 2. The van der Waals surface area contributed by atoms with Crippen molar-refractivity contribution >= 4 is 34.9 Å². The van der Waals surface area contributed by atoms with E-state index in [1.165, 1.54) is 24.3 Å². The van der Waals surface area contributed by atoms with Gasteiger partial charge in [-0.25, -0.2) is 0 Å². The van der Waals surface area contributed by atoms with Crippen LogP contribution in [0, 0.1) is 6.92 Å². The van der Waals surface area contributed by atoms with Crippen LogP contribution in [0.5, 0.6) is 5.75 Å². The predicted molar refractivity (Wildman–Crippen MR) is 104 cm³/mol. The third-order valence-electron chi connectivity index (χ3n) is 3.91. The van der Waals surface area contributed by atoms with Crippen LogP contribution in [0.25, 0.3) is 0 Å². The second kappa shape index (κ2) is 8.58. The second-order valence-electron chi connectivity index (χ2n) is 5.89. The minimum Gasteiger partial charge on any atom is -0.435 e. The van der Waals surface area contributed by atoms with Gasteiger partial charge in [0.15, 0.2) is 5.82 Å². The zero-order chi connectivity index (χ0) is 20.3. The smallest absolute Gasteiger partial charge is 0.387 e. The Morgan fingerprint density at radius 2 is 1.86 bits per heavy atom. The van der Waals surface area contributed by atoms with Crippen molar-refractivity contribution in [1.29, 1.82) is 0 Å². The average molecular weight is 426 g/mol. The molecular formula is C19H15Cl2F2N3O2. The lowest BCUT2D eigenvalue weighted by molar-refractivity contribution is -0.0498. The number of rotatable bonds is 6. The number of aromatic nitrogens is 2. The molecule has 1 N–H and O–H groups in total. The van der Waals surface area contributed by atoms with Crippen LogP contribution >= 0.6 is 23.2 Å².